The zero-order valence-corrected chi connectivity index (χ0v) is 13.1. The van der Waals surface area contributed by atoms with Crippen molar-refractivity contribution in [3.05, 3.63) is 75.3 Å². The summed E-state index contributed by atoms with van der Waals surface area (Å²) in [6, 6.07) is 13.2. The molecular weight excluding hydrogens is 324 g/mol. The Bertz CT molecular complexity index is 838. The fourth-order valence-electron chi connectivity index (χ4n) is 1.93. The van der Waals surface area contributed by atoms with Gasteiger partial charge in [0.1, 0.15) is 6.61 Å². The zero-order valence-electron chi connectivity index (χ0n) is 13.1. The number of nitrogens with one attached hydrogen (secondary N) is 1. The summed E-state index contributed by atoms with van der Waals surface area (Å²) in [4.78, 5) is 32.5. The monoisotopic (exact) mass is 338 g/mol. The van der Waals surface area contributed by atoms with Crippen LogP contribution in [0, 0.1) is 22.0 Å². The van der Waals surface area contributed by atoms with Crippen LogP contribution in [-0.2, 0) is 11.3 Å². The highest BCUT2D eigenvalue weighted by Gasteiger charge is 2.12. The van der Waals surface area contributed by atoms with Crippen LogP contribution < -0.4 is 5.32 Å². The van der Waals surface area contributed by atoms with E-state index in [0.717, 1.165) is 5.56 Å². The van der Waals surface area contributed by atoms with E-state index in [2.05, 4.69) is 17.2 Å². The van der Waals surface area contributed by atoms with Crippen molar-refractivity contribution in [1.82, 2.24) is 5.32 Å². The van der Waals surface area contributed by atoms with Crippen molar-refractivity contribution in [2.45, 2.75) is 6.61 Å². The minimum Gasteiger partial charge on any atom is -0.445 e. The van der Waals surface area contributed by atoms with Crippen molar-refractivity contribution >= 4 is 18.1 Å². The van der Waals surface area contributed by atoms with Gasteiger partial charge in [-0.3, -0.25) is 14.9 Å². The van der Waals surface area contributed by atoms with Crippen molar-refractivity contribution < 1.29 is 19.2 Å². The van der Waals surface area contributed by atoms with Crippen LogP contribution in [0.5, 0.6) is 0 Å². The third kappa shape index (κ3) is 5.48. The summed E-state index contributed by atoms with van der Waals surface area (Å²) in [6.45, 7) is 0.201. The number of nitrogens with zero attached hydrogens (tertiary/aromatic N) is 1. The number of benzene rings is 2. The van der Waals surface area contributed by atoms with Gasteiger partial charge >= 0.3 is 6.09 Å². The number of nitro benzene ring substituents is 1. The first kappa shape index (κ1) is 17.7. The molecule has 0 radical (unpaired) electrons. The number of aldehydes is 1. The Labute approximate surface area is 143 Å². The molecule has 0 aliphatic rings. The molecule has 0 aromatic heterocycles. The van der Waals surface area contributed by atoms with Gasteiger partial charge in [0.15, 0.2) is 6.29 Å². The van der Waals surface area contributed by atoms with Crippen LogP contribution >= 0.6 is 0 Å². The van der Waals surface area contributed by atoms with E-state index < -0.39 is 11.0 Å². The topological polar surface area (TPSA) is 98.5 Å². The second kappa shape index (κ2) is 8.84. The van der Waals surface area contributed by atoms with Crippen molar-refractivity contribution in [1.29, 1.82) is 0 Å². The molecule has 0 atom stereocenters. The Morgan fingerprint density at radius 1 is 1.24 bits per heavy atom. The van der Waals surface area contributed by atoms with E-state index in [-0.39, 0.29) is 24.4 Å². The highest BCUT2D eigenvalue weighted by molar-refractivity contribution is 5.82. The fraction of sp³-hybridized carbons (Fsp3) is 0.111. The van der Waals surface area contributed by atoms with Crippen LogP contribution in [0.3, 0.4) is 0 Å². The Kier molecular flexibility index (Phi) is 6.25. The first-order valence-electron chi connectivity index (χ1n) is 7.27. The van der Waals surface area contributed by atoms with E-state index in [0.29, 0.717) is 11.8 Å². The van der Waals surface area contributed by atoms with Crippen LogP contribution in [0.25, 0.3) is 0 Å². The van der Waals surface area contributed by atoms with Crippen LogP contribution in [0.4, 0.5) is 10.5 Å². The smallest absolute Gasteiger partial charge is 0.408 e. The van der Waals surface area contributed by atoms with Gasteiger partial charge in [0.05, 0.1) is 17.0 Å². The molecule has 0 aliphatic carbocycles. The lowest BCUT2D eigenvalue weighted by atomic mass is 10.1. The number of rotatable bonds is 5. The fourth-order valence-corrected chi connectivity index (χ4v) is 1.93. The summed E-state index contributed by atoms with van der Waals surface area (Å²) in [6.07, 6.45) is -0.196. The molecule has 1 amide bonds. The Balaban J connectivity index is 1.85. The number of carbonyl (C=O) groups excluding carboxylic acids is 2. The van der Waals surface area contributed by atoms with E-state index in [4.69, 9.17) is 4.74 Å². The first-order valence-corrected chi connectivity index (χ1v) is 7.27. The van der Waals surface area contributed by atoms with Gasteiger partial charge in [-0.15, -0.1) is 0 Å². The quantitative estimate of drug-likeness (QED) is 0.391. The highest BCUT2D eigenvalue weighted by atomic mass is 16.6. The van der Waals surface area contributed by atoms with Crippen LogP contribution in [0.15, 0.2) is 48.5 Å². The summed E-state index contributed by atoms with van der Waals surface area (Å²) in [7, 11) is 0. The van der Waals surface area contributed by atoms with Crippen molar-refractivity contribution in [2.75, 3.05) is 6.54 Å². The minimum atomic E-state index is -0.634. The van der Waals surface area contributed by atoms with Gasteiger partial charge in [0, 0.05) is 11.6 Å². The lowest BCUT2D eigenvalue weighted by Crippen LogP contribution is -2.24. The van der Waals surface area contributed by atoms with E-state index in [9.17, 15) is 19.7 Å². The van der Waals surface area contributed by atoms with Gasteiger partial charge in [0.25, 0.3) is 5.69 Å². The van der Waals surface area contributed by atoms with Crippen LogP contribution in [0.2, 0.25) is 0 Å². The molecule has 7 nitrogen and oxygen atoms in total. The van der Waals surface area contributed by atoms with Crippen LogP contribution in [-0.4, -0.2) is 23.8 Å². The lowest BCUT2D eigenvalue weighted by Gasteiger charge is -2.04. The summed E-state index contributed by atoms with van der Waals surface area (Å²) < 4.78 is 5.02. The van der Waals surface area contributed by atoms with E-state index in [1.807, 2.05) is 30.3 Å². The second-order valence-electron chi connectivity index (χ2n) is 4.87. The Morgan fingerprint density at radius 3 is 2.68 bits per heavy atom. The maximum absolute atomic E-state index is 11.5. The third-order valence-electron chi connectivity index (χ3n) is 3.12. The molecule has 0 fully saturated rings. The molecule has 0 saturated carbocycles. The molecule has 25 heavy (non-hydrogen) atoms. The number of alkyl carbamates (subject to hydrolysis) is 1. The van der Waals surface area contributed by atoms with Crippen molar-refractivity contribution in [2.24, 2.45) is 0 Å². The van der Waals surface area contributed by atoms with Gasteiger partial charge in [-0.2, -0.15) is 0 Å². The van der Waals surface area contributed by atoms with Gasteiger partial charge in [-0.25, -0.2) is 4.79 Å². The molecule has 7 heteroatoms. The molecule has 1 N–H and O–H groups in total. The molecular formula is C18H14N2O5. The van der Waals surface area contributed by atoms with Gasteiger partial charge < -0.3 is 10.1 Å². The lowest BCUT2D eigenvalue weighted by molar-refractivity contribution is -0.385. The van der Waals surface area contributed by atoms with E-state index >= 15 is 0 Å². The minimum absolute atomic E-state index is 0.0427. The Hall–Kier alpha value is -3.66. The molecule has 126 valence electrons. The molecule has 2 aromatic rings. The summed E-state index contributed by atoms with van der Waals surface area (Å²) in [5.74, 6) is 5.40. The molecule has 0 saturated heterocycles. The second-order valence-corrected chi connectivity index (χ2v) is 4.87. The maximum Gasteiger partial charge on any atom is 0.408 e. The normalized spacial score (nSPS) is 9.44. The summed E-state index contributed by atoms with van der Waals surface area (Å²) in [5, 5.41) is 13.2. The Morgan fingerprint density at radius 2 is 2.00 bits per heavy atom. The average molecular weight is 338 g/mol. The predicted octanol–water partition coefficient (Wildman–Crippen LogP) is 2.69. The molecule has 2 aromatic carbocycles. The maximum atomic E-state index is 11.5. The summed E-state index contributed by atoms with van der Waals surface area (Å²) >= 11 is 0. The number of nitro groups is 1. The average Bonchev–Trinajstić information content (AvgIpc) is 2.64. The third-order valence-corrected chi connectivity index (χ3v) is 3.12. The van der Waals surface area contributed by atoms with Crippen molar-refractivity contribution in [3.8, 4) is 11.8 Å². The van der Waals surface area contributed by atoms with E-state index in [1.54, 1.807) is 0 Å². The standard InChI is InChI=1S/C18H14N2O5/c21-12-16-11-14(8-9-17(16)20(23)24)7-4-10-19-18(22)25-13-15-5-2-1-3-6-15/h1-3,5-6,8-9,11-12H,10,13H2,(H,19,22). The molecule has 2 rings (SSSR count). The van der Waals surface area contributed by atoms with Crippen LogP contribution in [0.1, 0.15) is 21.5 Å². The number of hydrogen-bond donors (Lipinski definition) is 1. The molecule has 0 spiro atoms. The number of hydrogen-bond acceptors (Lipinski definition) is 5. The number of ether oxygens (including phenoxy) is 1. The molecule has 0 heterocycles. The van der Waals surface area contributed by atoms with Crippen molar-refractivity contribution in [3.63, 3.8) is 0 Å². The van der Waals surface area contributed by atoms with Gasteiger partial charge in [-0.1, -0.05) is 42.2 Å². The SMILES string of the molecule is O=Cc1cc(C#CCNC(=O)OCc2ccccc2)ccc1[N+](=O)[O-]. The molecule has 0 bridgehead atoms. The highest BCUT2D eigenvalue weighted by Crippen LogP contribution is 2.17. The summed E-state index contributed by atoms with van der Waals surface area (Å²) in [5.41, 5.74) is 0.985. The largest absolute Gasteiger partial charge is 0.445 e. The predicted molar refractivity (Wildman–Crippen MR) is 90.0 cm³/mol. The molecule has 0 unspecified atom stereocenters. The van der Waals surface area contributed by atoms with E-state index in [1.165, 1.54) is 18.2 Å². The van der Waals surface area contributed by atoms with Gasteiger partial charge in [0.2, 0.25) is 0 Å². The number of carbonyl (C=O) groups is 2. The number of amides is 1. The first-order chi connectivity index (χ1) is 12.1. The molecule has 0 aliphatic heterocycles. The zero-order chi connectivity index (χ0) is 18.1. The van der Waals surface area contributed by atoms with Gasteiger partial charge in [-0.05, 0) is 17.7 Å².